The molecular formula is C16H16BrClO. The van der Waals surface area contributed by atoms with E-state index in [0.717, 1.165) is 28.9 Å². The van der Waals surface area contributed by atoms with Gasteiger partial charge < -0.3 is 4.74 Å². The highest BCUT2D eigenvalue weighted by molar-refractivity contribution is 9.09. The second kappa shape index (κ2) is 7.68. The summed E-state index contributed by atoms with van der Waals surface area (Å²) in [5, 5.41) is 1.70. The van der Waals surface area contributed by atoms with Crippen LogP contribution in [-0.4, -0.2) is 11.9 Å². The van der Waals surface area contributed by atoms with E-state index in [9.17, 15) is 0 Å². The van der Waals surface area contributed by atoms with Crippen LogP contribution in [0.3, 0.4) is 0 Å². The molecule has 2 aromatic carbocycles. The van der Waals surface area contributed by atoms with Crippen LogP contribution in [0.5, 0.6) is 0 Å². The van der Waals surface area contributed by atoms with Crippen LogP contribution in [0.1, 0.15) is 23.7 Å². The predicted molar refractivity (Wildman–Crippen MR) is 84.1 cm³/mol. The van der Waals surface area contributed by atoms with Gasteiger partial charge in [0, 0.05) is 17.0 Å². The minimum absolute atomic E-state index is 0.0301. The third-order valence-corrected chi connectivity index (χ3v) is 3.65. The van der Waals surface area contributed by atoms with Crippen LogP contribution in [-0.2, 0) is 4.74 Å². The molecule has 0 aromatic heterocycles. The van der Waals surface area contributed by atoms with Crippen LogP contribution in [0, 0.1) is 0 Å². The van der Waals surface area contributed by atoms with Gasteiger partial charge in [-0.25, -0.2) is 0 Å². The van der Waals surface area contributed by atoms with Crippen molar-refractivity contribution < 1.29 is 4.74 Å². The van der Waals surface area contributed by atoms with Crippen molar-refractivity contribution in [1.29, 1.82) is 0 Å². The van der Waals surface area contributed by atoms with Crippen LogP contribution < -0.4 is 0 Å². The van der Waals surface area contributed by atoms with E-state index in [2.05, 4.69) is 28.1 Å². The molecule has 1 unspecified atom stereocenters. The average molecular weight is 340 g/mol. The molecule has 0 radical (unpaired) electrons. The molecule has 0 aliphatic rings. The lowest BCUT2D eigenvalue weighted by atomic mass is 10.0. The Morgan fingerprint density at radius 3 is 2.21 bits per heavy atom. The monoisotopic (exact) mass is 338 g/mol. The summed E-state index contributed by atoms with van der Waals surface area (Å²) in [6, 6.07) is 18.1. The number of benzene rings is 2. The molecule has 0 aliphatic heterocycles. The lowest BCUT2D eigenvalue weighted by Gasteiger charge is -2.19. The zero-order valence-electron chi connectivity index (χ0n) is 10.6. The van der Waals surface area contributed by atoms with Gasteiger partial charge in [-0.3, -0.25) is 0 Å². The van der Waals surface area contributed by atoms with Crippen LogP contribution in [0.2, 0.25) is 5.02 Å². The fourth-order valence-corrected chi connectivity index (χ4v) is 2.26. The molecule has 2 aromatic rings. The van der Waals surface area contributed by atoms with Gasteiger partial charge in [0.15, 0.2) is 0 Å². The van der Waals surface area contributed by atoms with E-state index in [-0.39, 0.29) is 6.10 Å². The fourth-order valence-electron chi connectivity index (χ4n) is 1.91. The third kappa shape index (κ3) is 4.34. The van der Waals surface area contributed by atoms with Gasteiger partial charge in [0.1, 0.15) is 6.10 Å². The molecule has 19 heavy (non-hydrogen) atoms. The summed E-state index contributed by atoms with van der Waals surface area (Å²) in [5.74, 6) is 0. The van der Waals surface area contributed by atoms with Gasteiger partial charge in [-0.15, -0.1) is 0 Å². The van der Waals surface area contributed by atoms with Crippen molar-refractivity contribution in [2.24, 2.45) is 0 Å². The highest BCUT2D eigenvalue weighted by Crippen LogP contribution is 2.27. The molecule has 0 aliphatic carbocycles. The normalized spacial score (nSPS) is 12.3. The minimum atomic E-state index is -0.0301. The SMILES string of the molecule is Clc1ccc(C(OCCCBr)c2ccccc2)cc1. The van der Waals surface area contributed by atoms with Crippen molar-refractivity contribution in [3.8, 4) is 0 Å². The molecule has 0 saturated carbocycles. The predicted octanol–water partition coefficient (Wildman–Crippen LogP) is 5.23. The molecular weight excluding hydrogens is 324 g/mol. The van der Waals surface area contributed by atoms with Gasteiger partial charge in [-0.05, 0) is 29.7 Å². The van der Waals surface area contributed by atoms with Crippen molar-refractivity contribution in [3.05, 3.63) is 70.7 Å². The number of halogens is 2. The fraction of sp³-hybridized carbons (Fsp3) is 0.250. The molecule has 100 valence electrons. The Bertz CT molecular complexity index is 484. The number of ether oxygens (including phenoxy) is 1. The highest BCUT2D eigenvalue weighted by atomic mass is 79.9. The Labute approximate surface area is 127 Å². The van der Waals surface area contributed by atoms with Crippen molar-refractivity contribution >= 4 is 27.5 Å². The standard InChI is InChI=1S/C16H16BrClO/c17-11-4-12-19-16(13-5-2-1-3-6-13)14-7-9-15(18)10-8-14/h1-3,5-10,16H,4,11-12H2. The first kappa shape index (κ1) is 14.6. The van der Waals surface area contributed by atoms with E-state index in [0.29, 0.717) is 0 Å². The van der Waals surface area contributed by atoms with E-state index in [1.807, 2.05) is 42.5 Å². The first-order valence-corrected chi connectivity index (χ1v) is 7.79. The summed E-state index contributed by atoms with van der Waals surface area (Å²) in [6.07, 6.45) is 0.967. The Kier molecular flexibility index (Phi) is 5.90. The lowest BCUT2D eigenvalue weighted by Crippen LogP contribution is -2.07. The van der Waals surface area contributed by atoms with Crippen molar-refractivity contribution in [1.82, 2.24) is 0 Å². The molecule has 0 spiro atoms. The molecule has 1 atom stereocenters. The minimum Gasteiger partial charge on any atom is -0.369 e. The van der Waals surface area contributed by atoms with Gasteiger partial charge in [0.2, 0.25) is 0 Å². The highest BCUT2D eigenvalue weighted by Gasteiger charge is 2.14. The van der Waals surface area contributed by atoms with E-state index < -0.39 is 0 Å². The summed E-state index contributed by atoms with van der Waals surface area (Å²) in [7, 11) is 0. The van der Waals surface area contributed by atoms with Gasteiger partial charge in [0.05, 0.1) is 0 Å². The molecule has 0 fully saturated rings. The Morgan fingerprint density at radius 1 is 0.947 bits per heavy atom. The van der Waals surface area contributed by atoms with Crippen molar-refractivity contribution in [3.63, 3.8) is 0 Å². The molecule has 0 saturated heterocycles. The molecule has 3 heteroatoms. The van der Waals surface area contributed by atoms with Crippen LogP contribution >= 0.6 is 27.5 Å². The maximum Gasteiger partial charge on any atom is 0.108 e. The lowest BCUT2D eigenvalue weighted by molar-refractivity contribution is 0.0813. The summed E-state index contributed by atoms with van der Waals surface area (Å²) >= 11 is 9.37. The van der Waals surface area contributed by atoms with Crippen molar-refractivity contribution in [2.45, 2.75) is 12.5 Å². The van der Waals surface area contributed by atoms with Gasteiger partial charge in [-0.2, -0.15) is 0 Å². The molecule has 0 heterocycles. The first-order valence-electron chi connectivity index (χ1n) is 6.29. The largest absolute Gasteiger partial charge is 0.369 e. The second-order valence-electron chi connectivity index (χ2n) is 4.26. The van der Waals surface area contributed by atoms with Crippen LogP contribution in [0.4, 0.5) is 0 Å². The third-order valence-electron chi connectivity index (χ3n) is 2.84. The Hall–Kier alpha value is -0.830. The van der Waals surface area contributed by atoms with Gasteiger partial charge in [0.25, 0.3) is 0 Å². The van der Waals surface area contributed by atoms with E-state index >= 15 is 0 Å². The van der Waals surface area contributed by atoms with Crippen molar-refractivity contribution in [2.75, 3.05) is 11.9 Å². The molecule has 0 bridgehead atoms. The summed E-state index contributed by atoms with van der Waals surface area (Å²) in [6.45, 7) is 0.730. The smallest absolute Gasteiger partial charge is 0.108 e. The zero-order chi connectivity index (χ0) is 13.5. The molecule has 0 N–H and O–H groups in total. The molecule has 2 rings (SSSR count). The maximum absolute atomic E-state index is 6.02. The second-order valence-corrected chi connectivity index (χ2v) is 5.49. The van der Waals surface area contributed by atoms with Gasteiger partial charge >= 0.3 is 0 Å². The first-order chi connectivity index (χ1) is 9.31. The number of alkyl halides is 1. The quantitative estimate of drug-likeness (QED) is 0.517. The molecule has 0 amide bonds. The zero-order valence-corrected chi connectivity index (χ0v) is 12.9. The summed E-state index contributed by atoms with van der Waals surface area (Å²) < 4.78 is 6.02. The Balaban J connectivity index is 2.21. The van der Waals surface area contributed by atoms with E-state index in [1.54, 1.807) is 0 Å². The van der Waals surface area contributed by atoms with Crippen LogP contribution in [0.25, 0.3) is 0 Å². The van der Waals surface area contributed by atoms with E-state index in [1.165, 1.54) is 5.56 Å². The van der Waals surface area contributed by atoms with Gasteiger partial charge in [-0.1, -0.05) is 70.0 Å². The van der Waals surface area contributed by atoms with E-state index in [4.69, 9.17) is 16.3 Å². The number of rotatable bonds is 6. The summed E-state index contributed by atoms with van der Waals surface area (Å²) in [5.41, 5.74) is 2.30. The average Bonchev–Trinajstić information content (AvgIpc) is 2.46. The van der Waals surface area contributed by atoms with Crippen LogP contribution in [0.15, 0.2) is 54.6 Å². The topological polar surface area (TPSA) is 9.23 Å². The number of hydrogen-bond donors (Lipinski definition) is 0. The molecule has 1 nitrogen and oxygen atoms in total. The number of hydrogen-bond acceptors (Lipinski definition) is 1. The summed E-state index contributed by atoms with van der Waals surface area (Å²) in [4.78, 5) is 0. The Morgan fingerprint density at radius 2 is 1.58 bits per heavy atom. The maximum atomic E-state index is 6.02.